The molecule has 114 valence electrons. The summed E-state index contributed by atoms with van der Waals surface area (Å²) >= 11 is 0. The van der Waals surface area contributed by atoms with Gasteiger partial charge in [-0.3, -0.25) is 0 Å². The number of para-hydroxylation sites is 1. The van der Waals surface area contributed by atoms with Gasteiger partial charge >= 0.3 is 5.97 Å². The minimum absolute atomic E-state index is 0.373. The molecular weight excluding hydrogens is 270 g/mol. The summed E-state index contributed by atoms with van der Waals surface area (Å²) in [6.07, 6.45) is 3.03. The number of hydrogen-bond acceptors (Lipinski definition) is 5. The predicted molar refractivity (Wildman–Crippen MR) is 79.4 cm³/mol. The van der Waals surface area contributed by atoms with Crippen LogP contribution in [0.5, 0.6) is 5.75 Å². The molecular formula is C16H21NO4. The largest absolute Gasteiger partial charge is 0.496 e. The summed E-state index contributed by atoms with van der Waals surface area (Å²) in [6, 6.07) is 7.91. The van der Waals surface area contributed by atoms with Crippen LogP contribution in [0.1, 0.15) is 38.2 Å². The number of ether oxygens (including phenoxy) is 2. The zero-order valence-electron chi connectivity index (χ0n) is 12.7. The van der Waals surface area contributed by atoms with Gasteiger partial charge in [0.1, 0.15) is 5.75 Å². The maximum atomic E-state index is 10.8. The van der Waals surface area contributed by atoms with Crippen LogP contribution in [0.25, 0.3) is 0 Å². The van der Waals surface area contributed by atoms with E-state index < -0.39 is 5.97 Å². The molecule has 0 amide bonds. The summed E-state index contributed by atoms with van der Waals surface area (Å²) in [7, 11) is 3.39. The van der Waals surface area contributed by atoms with E-state index in [-0.39, 0.29) is 5.60 Å². The van der Waals surface area contributed by atoms with E-state index in [4.69, 9.17) is 14.3 Å². The highest BCUT2D eigenvalue weighted by molar-refractivity contribution is 5.85. The van der Waals surface area contributed by atoms with Crippen LogP contribution in [0.4, 0.5) is 0 Å². The van der Waals surface area contributed by atoms with Crippen molar-refractivity contribution in [3.8, 4) is 5.75 Å². The maximum absolute atomic E-state index is 10.8. The van der Waals surface area contributed by atoms with Crippen molar-refractivity contribution in [2.24, 2.45) is 5.16 Å². The van der Waals surface area contributed by atoms with Gasteiger partial charge < -0.3 is 14.3 Å². The minimum Gasteiger partial charge on any atom is -0.496 e. The number of nitrogens with zero attached hydrogens (tertiary/aromatic N) is 1. The maximum Gasteiger partial charge on any atom is 0.331 e. The van der Waals surface area contributed by atoms with Crippen molar-refractivity contribution >= 4 is 11.7 Å². The fourth-order valence-corrected chi connectivity index (χ4v) is 2.77. The van der Waals surface area contributed by atoms with Crippen LogP contribution in [0, 0.1) is 0 Å². The monoisotopic (exact) mass is 291 g/mol. The Morgan fingerprint density at radius 3 is 2.43 bits per heavy atom. The molecule has 0 unspecified atom stereocenters. The molecule has 0 N–H and O–H groups in total. The van der Waals surface area contributed by atoms with E-state index in [2.05, 4.69) is 5.16 Å². The second kappa shape index (κ2) is 6.72. The Morgan fingerprint density at radius 1 is 1.19 bits per heavy atom. The first kappa shape index (κ1) is 15.5. The van der Waals surface area contributed by atoms with E-state index in [0.29, 0.717) is 0 Å². The van der Waals surface area contributed by atoms with Crippen LogP contribution in [-0.2, 0) is 20.0 Å². The molecule has 0 atom stereocenters. The number of carbonyl (C=O) groups is 1. The molecule has 5 nitrogen and oxygen atoms in total. The zero-order valence-corrected chi connectivity index (χ0v) is 12.7. The molecule has 0 radical (unpaired) electrons. The third-order valence-corrected chi connectivity index (χ3v) is 3.93. The normalized spacial score (nSPS) is 21.8. The van der Waals surface area contributed by atoms with E-state index in [1.54, 1.807) is 14.2 Å². The Kier molecular flexibility index (Phi) is 4.96. The van der Waals surface area contributed by atoms with E-state index in [1.165, 1.54) is 6.92 Å². The van der Waals surface area contributed by atoms with Crippen LogP contribution in [-0.4, -0.2) is 25.9 Å². The second-order valence-corrected chi connectivity index (χ2v) is 5.14. The number of methoxy groups -OCH3 is 2. The number of rotatable bonds is 4. The van der Waals surface area contributed by atoms with Gasteiger partial charge in [-0.2, -0.15) is 0 Å². The van der Waals surface area contributed by atoms with Crippen LogP contribution in [0.3, 0.4) is 0 Å². The van der Waals surface area contributed by atoms with Gasteiger partial charge in [-0.1, -0.05) is 23.4 Å². The van der Waals surface area contributed by atoms with Gasteiger partial charge in [-0.25, -0.2) is 4.79 Å². The Labute approximate surface area is 124 Å². The highest BCUT2D eigenvalue weighted by Gasteiger charge is 2.38. The van der Waals surface area contributed by atoms with Crippen LogP contribution < -0.4 is 4.74 Å². The lowest BCUT2D eigenvalue weighted by Crippen LogP contribution is -2.34. The summed E-state index contributed by atoms with van der Waals surface area (Å²) in [5.74, 6) is 0.440. The van der Waals surface area contributed by atoms with Crippen molar-refractivity contribution in [1.82, 2.24) is 0 Å². The second-order valence-electron chi connectivity index (χ2n) is 5.14. The molecule has 5 heteroatoms. The number of carbonyl (C=O) groups excluding carboxylic acids is 1. The standard InChI is InChI=1S/C16H21NO4/c1-12(18)21-17-13-8-10-16(20-3,11-9-13)14-6-4-5-7-15(14)19-2/h4-7H,8-11H2,1-3H3. The van der Waals surface area contributed by atoms with Crippen LogP contribution in [0.15, 0.2) is 29.4 Å². The molecule has 2 rings (SSSR count). The highest BCUT2D eigenvalue weighted by Crippen LogP contribution is 2.43. The lowest BCUT2D eigenvalue weighted by molar-refractivity contribution is -0.141. The highest BCUT2D eigenvalue weighted by atomic mass is 16.7. The molecule has 0 heterocycles. The smallest absolute Gasteiger partial charge is 0.331 e. The third kappa shape index (κ3) is 3.42. The van der Waals surface area contributed by atoms with Gasteiger partial charge in [0.2, 0.25) is 0 Å². The summed E-state index contributed by atoms with van der Waals surface area (Å²) in [5.41, 5.74) is 1.58. The zero-order chi connectivity index (χ0) is 15.3. The first-order chi connectivity index (χ1) is 10.1. The van der Waals surface area contributed by atoms with Crippen molar-refractivity contribution in [3.63, 3.8) is 0 Å². The van der Waals surface area contributed by atoms with E-state index in [9.17, 15) is 4.79 Å². The average Bonchev–Trinajstić information content (AvgIpc) is 2.53. The van der Waals surface area contributed by atoms with Crippen molar-refractivity contribution in [1.29, 1.82) is 0 Å². The molecule has 1 saturated carbocycles. The van der Waals surface area contributed by atoms with Crippen molar-refractivity contribution < 1.29 is 19.1 Å². The fourth-order valence-electron chi connectivity index (χ4n) is 2.77. The van der Waals surface area contributed by atoms with Crippen molar-refractivity contribution in [3.05, 3.63) is 29.8 Å². The molecule has 0 saturated heterocycles. The number of benzene rings is 1. The van der Waals surface area contributed by atoms with Gasteiger partial charge in [0.25, 0.3) is 0 Å². The van der Waals surface area contributed by atoms with Gasteiger partial charge in [0, 0.05) is 19.6 Å². The van der Waals surface area contributed by atoms with Gasteiger partial charge in [0.05, 0.1) is 18.4 Å². The molecule has 0 bridgehead atoms. The van der Waals surface area contributed by atoms with Crippen molar-refractivity contribution in [2.45, 2.75) is 38.2 Å². The molecule has 0 aliphatic heterocycles. The summed E-state index contributed by atoms with van der Waals surface area (Å²) in [6.45, 7) is 1.35. The quantitative estimate of drug-likeness (QED) is 0.632. The topological polar surface area (TPSA) is 57.1 Å². The SMILES string of the molecule is COc1ccccc1C1(OC)CCC(=NOC(C)=O)CC1. The molecule has 1 aromatic carbocycles. The molecule has 1 aromatic rings. The average molecular weight is 291 g/mol. The first-order valence-electron chi connectivity index (χ1n) is 7.03. The first-order valence-corrected chi connectivity index (χ1v) is 7.03. The molecule has 1 fully saturated rings. The Balaban J connectivity index is 2.18. The van der Waals surface area contributed by atoms with Crippen LogP contribution >= 0.6 is 0 Å². The van der Waals surface area contributed by atoms with E-state index in [0.717, 1.165) is 42.7 Å². The Morgan fingerprint density at radius 2 is 1.86 bits per heavy atom. The fraction of sp³-hybridized carbons (Fsp3) is 0.500. The van der Waals surface area contributed by atoms with Gasteiger partial charge in [0.15, 0.2) is 0 Å². The molecule has 1 aliphatic rings. The predicted octanol–water partition coefficient (Wildman–Crippen LogP) is 3.03. The lowest BCUT2D eigenvalue weighted by Gasteiger charge is -2.37. The van der Waals surface area contributed by atoms with Crippen LogP contribution in [0.2, 0.25) is 0 Å². The Bertz CT molecular complexity index is 529. The number of hydrogen-bond donors (Lipinski definition) is 0. The third-order valence-electron chi connectivity index (χ3n) is 3.93. The minimum atomic E-state index is -0.393. The van der Waals surface area contributed by atoms with Gasteiger partial charge in [-0.15, -0.1) is 0 Å². The molecule has 0 spiro atoms. The van der Waals surface area contributed by atoms with Gasteiger partial charge in [-0.05, 0) is 31.7 Å². The Hall–Kier alpha value is -1.88. The van der Waals surface area contributed by atoms with Crippen molar-refractivity contribution in [2.75, 3.05) is 14.2 Å². The summed E-state index contributed by atoms with van der Waals surface area (Å²) in [5, 5.41) is 3.90. The number of oxime groups is 1. The summed E-state index contributed by atoms with van der Waals surface area (Å²) < 4.78 is 11.3. The molecule has 1 aliphatic carbocycles. The molecule has 0 aromatic heterocycles. The van der Waals surface area contributed by atoms with E-state index in [1.807, 2.05) is 24.3 Å². The molecule has 21 heavy (non-hydrogen) atoms. The van der Waals surface area contributed by atoms with E-state index >= 15 is 0 Å². The summed E-state index contributed by atoms with van der Waals surface area (Å²) in [4.78, 5) is 15.5. The lowest BCUT2D eigenvalue weighted by atomic mass is 9.78.